The van der Waals surface area contributed by atoms with E-state index in [4.69, 9.17) is 11.0 Å². The van der Waals surface area contributed by atoms with E-state index in [0.29, 0.717) is 5.69 Å². The molecule has 0 aliphatic carbocycles. The van der Waals surface area contributed by atoms with Crippen molar-refractivity contribution < 1.29 is 8.42 Å². The highest BCUT2D eigenvalue weighted by Gasteiger charge is 2.17. The van der Waals surface area contributed by atoms with E-state index in [9.17, 15) is 8.42 Å². The van der Waals surface area contributed by atoms with Crippen molar-refractivity contribution in [3.63, 3.8) is 0 Å². The maximum absolute atomic E-state index is 12.3. The molecular formula is C15H15N3O2S. The van der Waals surface area contributed by atoms with Crippen LogP contribution in [0.15, 0.2) is 47.4 Å². The lowest BCUT2D eigenvalue weighted by molar-refractivity contribution is 0.601. The van der Waals surface area contributed by atoms with Crippen LogP contribution in [0.25, 0.3) is 0 Å². The highest BCUT2D eigenvalue weighted by Crippen LogP contribution is 2.22. The molecule has 0 bridgehead atoms. The molecule has 0 unspecified atom stereocenters. The van der Waals surface area contributed by atoms with Crippen LogP contribution < -0.4 is 10.5 Å². The van der Waals surface area contributed by atoms with E-state index in [1.165, 1.54) is 6.07 Å². The maximum Gasteiger partial charge on any atom is 0.263 e. The Morgan fingerprint density at radius 2 is 1.86 bits per heavy atom. The molecule has 21 heavy (non-hydrogen) atoms. The number of nitrogens with zero attached hydrogens (tertiary/aromatic N) is 1. The first-order chi connectivity index (χ1) is 9.92. The van der Waals surface area contributed by atoms with Crippen molar-refractivity contribution >= 4 is 21.4 Å². The number of hydrogen-bond donors (Lipinski definition) is 2. The quantitative estimate of drug-likeness (QED) is 0.848. The van der Waals surface area contributed by atoms with Crippen molar-refractivity contribution in [2.24, 2.45) is 0 Å². The van der Waals surface area contributed by atoms with E-state index < -0.39 is 10.0 Å². The van der Waals surface area contributed by atoms with Gasteiger partial charge in [0.2, 0.25) is 0 Å². The van der Waals surface area contributed by atoms with Crippen molar-refractivity contribution in [3.05, 3.63) is 53.6 Å². The Hall–Kier alpha value is -2.52. The minimum atomic E-state index is -3.73. The predicted molar refractivity (Wildman–Crippen MR) is 82.2 cm³/mol. The van der Waals surface area contributed by atoms with Crippen LogP contribution in [0.1, 0.15) is 11.1 Å². The second kappa shape index (κ2) is 5.85. The normalized spacial score (nSPS) is 10.9. The number of anilines is 2. The third-order valence-electron chi connectivity index (χ3n) is 2.94. The third kappa shape index (κ3) is 3.52. The average Bonchev–Trinajstić information content (AvgIpc) is 2.40. The summed E-state index contributed by atoms with van der Waals surface area (Å²) < 4.78 is 27.1. The zero-order valence-corrected chi connectivity index (χ0v) is 12.3. The molecule has 0 heterocycles. The summed E-state index contributed by atoms with van der Waals surface area (Å²) in [6, 6.07) is 13.5. The predicted octanol–water partition coefficient (Wildman–Crippen LogP) is 2.44. The van der Waals surface area contributed by atoms with Gasteiger partial charge in [0.15, 0.2) is 0 Å². The fraction of sp³-hybridized carbons (Fsp3) is 0.133. The highest BCUT2D eigenvalue weighted by atomic mass is 32.2. The third-order valence-corrected chi connectivity index (χ3v) is 4.40. The van der Waals surface area contributed by atoms with Gasteiger partial charge in [0.05, 0.1) is 18.2 Å². The van der Waals surface area contributed by atoms with E-state index in [1.54, 1.807) is 36.4 Å². The summed E-state index contributed by atoms with van der Waals surface area (Å²) in [7, 11) is -3.73. The molecule has 0 amide bonds. The molecule has 0 aliphatic rings. The minimum absolute atomic E-state index is 0.0502. The molecule has 0 atom stereocenters. The van der Waals surface area contributed by atoms with E-state index >= 15 is 0 Å². The number of nitrogens with two attached hydrogens (primary N) is 1. The summed E-state index contributed by atoms with van der Waals surface area (Å²) in [5.41, 5.74) is 8.13. The maximum atomic E-state index is 12.3. The van der Waals surface area contributed by atoms with Gasteiger partial charge in [-0.05, 0) is 42.3 Å². The monoisotopic (exact) mass is 301 g/mol. The summed E-state index contributed by atoms with van der Waals surface area (Å²) in [5, 5.41) is 8.60. The van der Waals surface area contributed by atoms with E-state index in [0.717, 1.165) is 11.1 Å². The zero-order valence-electron chi connectivity index (χ0n) is 11.5. The molecule has 2 rings (SSSR count). The molecule has 0 spiro atoms. The summed E-state index contributed by atoms with van der Waals surface area (Å²) in [6.45, 7) is 1.84. The van der Waals surface area contributed by atoms with E-state index in [2.05, 4.69) is 4.72 Å². The second-order valence-corrected chi connectivity index (χ2v) is 6.33. The van der Waals surface area contributed by atoms with E-state index in [-0.39, 0.29) is 17.0 Å². The van der Waals surface area contributed by atoms with Crippen LogP contribution in [-0.4, -0.2) is 8.42 Å². The first-order valence-electron chi connectivity index (χ1n) is 6.27. The number of nitriles is 1. The smallest absolute Gasteiger partial charge is 0.263 e. The molecular weight excluding hydrogens is 286 g/mol. The second-order valence-electron chi connectivity index (χ2n) is 4.68. The van der Waals surface area contributed by atoms with Gasteiger partial charge in [-0.25, -0.2) is 8.42 Å². The molecule has 0 fully saturated rings. The van der Waals surface area contributed by atoms with Crippen LogP contribution in [0.3, 0.4) is 0 Å². The largest absolute Gasteiger partial charge is 0.398 e. The molecule has 0 radical (unpaired) electrons. The molecule has 2 aromatic carbocycles. The number of sulfonamides is 1. The molecule has 3 N–H and O–H groups in total. The minimum Gasteiger partial charge on any atom is -0.398 e. The number of hydrogen-bond acceptors (Lipinski definition) is 4. The van der Waals surface area contributed by atoms with Crippen LogP contribution in [-0.2, 0) is 16.4 Å². The standard InChI is InChI=1S/C15H15N3O2S/c1-11-2-7-15(14(17)10-11)21(19,20)18-13-5-3-12(4-6-13)8-9-16/h2-7,10,18H,8,17H2,1H3. The Balaban J connectivity index is 2.27. The molecule has 0 saturated carbocycles. The van der Waals surface area contributed by atoms with Crippen molar-refractivity contribution in [2.45, 2.75) is 18.2 Å². The summed E-state index contributed by atoms with van der Waals surface area (Å²) in [4.78, 5) is 0.0502. The van der Waals surface area contributed by atoms with Gasteiger partial charge in [0.25, 0.3) is 10.0 Å². The lowest BCUT2D eigenvalue weighted by atomic mass is 10.1. The van der Waals surface area contributed by atoms with Gasteiger partial charge in [0.1, 0.15) is 4.90 Å². The molecule has 0 aromatic heterocycles. The van der Waals surface area contributed by atoms with Gasteiger partial charge >= 0.3 is 0 Å². The average molecular weight is 301 g/mol. The molecule has 5 nitrogen and oxygen atoms in total. The fourth-order valence-corrected chi connectivity index (χ4v) is 3.08. The van der Waals surface area contributed by atoms with Gasteiger partial charge < -0.3 is 5.73 Å². The summed E-state index contributed by atoms with van der Waals surface area (Å²) >= 11 is 0. The molecule has 0 aliphatic heterocycles. The topological polar surface area (TPSA) is 96.0 Å². The Kier molecular flexibility index (Phi) is 4.15. The molecule has 108 valence electrons. The lowest BCUT2D eigenvalue weighted by Gasteiger charge is -2.11. The van der Waals surface area contributed by atoms with Gasteiger partial charge in [0, 0.05) is 5.69 Å². The Labute approximate surface area is 124 Å². The first kappa shape index (κ1) is 14.9. The van der Waals surface area contributed by atoms with Gasteiger partial charge in [-0.1, -0.05) is 18.2 Å². The SMILES string of the molecule is Cc1ccc(S(=O)(=O)Nc2ccc(CC#N)cc2)c(N)c1. The number of nitrogen functional groups attached to an aromatic ring is 1. The number of aryl methyl sites for hydroxylation is 1. The number of rotatable bonds is 4. The number of benzene rings is 2. The van der Waals surface area contributed by atoms with Gasteiger partial charge in [-0.2, -0.15) is 5.26 Å². The number of nitrogens with one attached hydrogen (secondary N) is 1. The van der Waals surface area contributed by atoms with Crippen molar-refractivity contribution in [1.82, 2.24) is 0 Å². The van der Waals surface area contributed by atoms with Crippen LogP contribution in [0.2, 0.25) is 0 Å². The fourth-order valence-electron chi connectivity index (χ4n) is 1.90. The van der Waals surface area contributed by atoms with Crippen LogP contribution in [0.5, 0.6) is 0 Å². The Morgan fingerprint density at radius 1 is 1.19 bits per heavy atom. The van der Waals surface area contributed by atoms with Gasteiger partial charge in [-0.15, -0.1) is 0 Å². The highest BCUT2D eigenvalue weighted by molar-refractivity contribution is 7.92. The van der Waals surface area contributed by atoms with E-state index in [1.807, 2.05) is 13.0 Å². The first-order valence-corrected chi connectivity index (χ1v) is 7.75. The Morgan fingerprint density at radius 3 is 2.43 bits per heavy atom. The molecule has 6 heteroatoms. The van der Waals surface area contributed by atoms with Gasteiger partial charge in [-0.3, -0.25) is 4.72 Å². The van der Waals surface area contributed by atoms with Crippen LogP contribution in [0, 0.1) is 18.3 Å². The Bertz CT molecular complexity index is 791. The molecule has 0 saturated heterocycles. The van der Waals surface area contributed by atoms with Crippen LogP contribution >= 0.6 is 0 Å². The lowest BCUT2D eigenvalue weighted by Crippen LogP contribution is -2.14. The van der Waals surface area contributed by atoms with Crippen molar-refractivity contribution in [3.8, 4) is 6.07 Å². The summed E-state index contributed by atoms with van der Waals surface area (Å²) in [6.07, 6.45) is 0.290. The van der Waals surface area contributed by atoms with Crippen LogP contribution in [0.4, 0.5) is 11.4 Å². The van der Waals surface area contributed by atoms with Crippen molar-refractivity contribution in [2.75, 3.05) is 10.5 Å². The van der Waals surface area contributed by atoms with Crippen molar-refractivity contribution in [1.29, 1.82) is 5.26 Å². The zero-order chi connectivity index (χ0) is 15.5. The molecule has 2 aromatic rings. The summed E-state index contributed by atoms with van der Waals surface area (Å²) in [5.74, 6) is 0.